The number of esters is 1. The van der Waals surface area contributed by atoms with Crippen LogP contribution < -0.4 is 5.32 Å². The molecule has 100 valence electrons. The van der Waals surface area contributed by atoms with Crippen LogP contribution in [0.15, 0.2) is 28.1 Å². The SMILES string of the molecule is COC(=O)Cc1csc(Nc2ccc(Br)cc2F)n1. The zero-order valence-electron chi connectivity index (χ0n) is 9.94. The van der Waals surface area contributed by atoms with Crippen molar-refractivity contribution in [3.05, 3.63) is 39.6 Å². The molecule has 0 bridgehead atoms. The van der Waals surface area contributed by atoms with E-state index >= 15 is 0 Å². The molecule has 0 radical (unpaired) electrons. The Kier molecular flexibility index (Phi) is 4.49. The van der Waals surface area contributed by atoms with Crippen molar-refractivity contribution < 1.29 is 13.9 Å². The van der Waals surface area contributed by atoms with E-state index in [1.807, 2.05) is 0 Å². The minimum absolute atomic E-state index is 0.109. The van der Waals surface area contributed by atoms with Crippen molar-refractivity contribution in [2.45, 2.75) is 6.42 Å². The van der Waals surface area contributed by atoms with Crippen LogP contribution in [0.2, 0.25) is 0 Å². The van der Waals surface area contributed by atoms with Crippen LogP contribution in [-0.4, -0.2) is 18.1 Å². The van der Waals surface area contributed by atoms with Crippen LogP contribution >= 0.6 is 27.3 Å². The molecule has 1 N–H and O–H groups in total. The lowest BCUT2D eigenvalue weighted by Crippen LogP contribution is -2.04. The first-order valence-electron chi connectivity index (χ1n) is 5.32. The Bertz CT molecular complexity index is 603. The number of hydrogen-bond donors (Lipinski definition) is 1. The zero-order chi connectivity index (χ0) is 13.8. The third-order valence-electron chi connectivity index (χ3n) is 2.28. The summed E-state index contributed by atoms with van der Waals surface area (Å²) in [5.74, 6) is -0.731. The van der Waals surface area contributed by atoms with Gasteiger partial charge in [0.2, 0.25) is 0 Å². The second kappa shape index (κ2) is 6.12. The van der Waals surface area contributed by atoms with E-state index in [1.165, 1.54) is 24.5 Å². The molecule has 0 fully saturated rings. The molecule has 0 unspecified atom stereocenters. The highest BCUT2D eigenvalue weighted by molar-refractivity contribution is 9.10. The molecule has 1 heterocycles. The number of ether oxygens (including phenoxy) is 1. The molecule has 2 aromatic rings. The van der Waals surface area contributed by atoms with Gasteiger partial charge in [-0.2, -0.15) is 0 Å². The molecule has 0 aliphatic carbocycles. The summed E-state index contributed by atoms with van der Waals surface area (Å²) in [6.45, 7) is 0. The van der Waals surface area contributed by atoms with Gasteiger partial charge in [0.15, 0.2) is 5.13 Å². The third kappa shape index (κ3) is 3.74. The molecule has 19 heavy (non-hydrogen) atoms. The average molecular weight is 345 g/mol. The number of carbonyl (C=O) groups is 1. The van der Waals surface area contributed by atoms with Crippen LogP contribution in [0.1, 0.15) is 5.69 Å². The number of halogens is 2. The van der Waals surface area contributed by atoms with E-state index < -0.39 is 0 Å². The number of methoxy groups -OCH3 is 1. The fourth-order valence-corrected chi connectivity index (χ4v) is 2.43. The molecule has 0 aliphatic rings. The molecule has 4 nitrogen and oxygen atoms in total. The van der Waals surface area contributed by atoms with Gasteiger partial charge in [-0.05, 0) is 18.2 Å². The summed E-state index contributed by atoms with van der Waals surface area (Å²) in [5.41, 5.74) is 0.930. The van der Waals surface area contributed by atoms with Gasteiger partial charge in [-0.25, -0.2) is 9.37 Å². The van der Waals surface area contributed by atoms with Gasteiger partial charge in [0.1, 0.15) is 5.82 Å². The molecule has 1 aromatic heterocycles. The lowest BCUT2D eigenvalue weighted by atomic mass is 10.3. The lowest BCUT2D eigenvalue weighted by molar-refractivity contribution is -0.139. The summed E-state index contributed by atoms with van der Waals surface area (Å²) >= 11 is 4.49. The second-order valence-electron chi connectivity index (χ2n) is 3.65. The first-order valence-corrected chi connectivity index (χ1v) is 6.99. The number of nitrogens with zero attached hydrogens (tertiary/aromatic N) is 1. The Morgan fingerprint density at radius 2 is 2.37 bits per heavy atom. The van der Waals surface area contributed by atoms with E-state index in [0.717, 1.165) is 0 Å². The predicted octanol–water partition coefficient (Wildman–Crippen LogP) is 3.50. The van der Waals surface area contributed by atoms with Crippen LogP contribution in [0.3, 0.4) is 0 Å². The standard InChI is InChI=1S/C12H10BrFN2O2S/c1-18-11(17)5-8-6-19-12(15-8)16-10-3-2-7(13)4-9(10)14/h2-4,6H,5H2,1H3,(H,15,16). The van der Waals surface area contributed by atoms with Crippen LogP contribution in [-0.2, 0) is 16.0 Å². The van der Waals surface area contributed by atoms with E-state index in [4.69, 9.17) is 0 Å². The average Bonchev–Trinajstić information content (AvgIpc) is 2.80. The highest BCUT2D eigenvalue weighted by Crippen LogP contribution is 2.25. The Morgan fingerprint density at radius 3 is 3.05 bits per heavy atom. The van der Waals surface area contributed by atoms with Gasteiger partial charge in [-0.1, -0.05) is 15.9 Å². The van der Waals surface area contributed by atoms with Crippen LogP contribution in [0.4, 0.5) is 15.2 Å². The number of benzene rings is 1. The number of aromatic nitrogens is 1. The topological polar surface area (TPSA) is 51.2 Å². The second-order valence-corrected chi connectivity index (χ2v) is 5.42. The molecular weight excluding hydrogens is 335 g/mol. The first kappa shape index (κ1) is 14.0. The van der Waals surface area contributed by atoms with Crippen molar-refractivity contribution in [3.63, 3.8) is 0 Å². The van der Waals surface area contributed by atoms with E-state index in [1.54, 1.807) is 17.5 Å². The summed E-state index contributed by atoms with van der Waals surface area (Å²) in [5, 5.41) is 5.13. The van der Waals surface area contributed by atoms with Gasteiger partial charge in [0.25, 0.3) is 0 Å². The highest BCUT2D eigenvalue weighted by Gasteiger charge is 2.09. The van der Waals surface area contributed by atoms with Gasteiger partial charge in [0, 0.05) is 9.85 Å². The first-order chi connectivity index (χ1) is 9.08. The van der Waals surface area contributed by atoms with E-state index in [-0.39, 0.29) is 18.2 Å². The predicted molar refractivity (Wildman–Crippen MR) is 75.2 cm³/mol. The summed E-state index contributed by atoms with van der Waals surface area (Å²) in [4.78, 5) is 15.3. The summed E-state index contributed by atoms with van der Waals surface area (Å²) in [6, 6.07) is 4.71. The maximum absolute atomic E-state index is 13.6. The van der Waals surface area contributed by atoms with Crippen molar-refractivity contribution in [2.24, 2.45) is 0 Å². The number of rotatable bonds is 4. The minimum atomic E-state index is -0.376. The fourth-order valence-electron chi connectivity index (χ4n) is 1.37. The smallest absolute Gasteiger partial charge is 0.311 e. The van der Waals surface area contributed by atoms with Crippen LogP contribution in [0.5, 0.6) is 0 Å². The molecule has 7 heteroatoms. The zero-order valence-corrected chi connectivity index (χ0v) is 12.3. The van der Waals surface area contributed by atoms with Gasteiger partial charge in [-0.3, -0.25) is 4.79 Å². The quantitative estimate of drug-likeness (QED) is 0.862. The third-order valence-corrected chi connectivity index (χ3v) is 3.58. The number of carbonyl (C=O) groups excluding carboxylic acids is 1. The number of hydrogen-bond acceptors (Lipinski definition) is 5. The van der Waals surface area contributed by atoms with Crippen LogP contribution in [0.25, 0.3) is 0 Å². The normalized spacial score (nSPS) is 10.3. The maximum atomic E-state index is 13.6. The molecule has 0 atom stereocenters. The van der Waals surface area contributed by atoms with E-state index in [2.05, 4.69) is 31.0 Å². The molecular formula is C12H10BrFN2O2S. The van der Waals surface area contributed by atoms with E-state index in [0.29, 0.717) is 21.0 Å². The van der Waals surface area contributed by atoms with Gasteiger partial charge < -0.3 is 10.1 Å². The fraction of sp³-hybridized carbons (Fsp3) is 0.167. The summed E-state index contributed by atoms with van der Waals surface area (Å²) in [7, 11) is 1.32. The minimum Gasteiger partial charge on any atom is -0.469 e. The van der Waals surface area contributed by atoms with Crippen molar-refractivity contribution in [1.29, 1.82) is 0 Å². The Labute approximate surface area is 121 Å². The Morgan fingerprint density at radius 1 is 1.58 bits per heavy atom. The maximum Gasteiger partial charge on any atom is 0.311 e. The monoisotopic (exact) mass is 344 g/mol. The van der Waals surface area contributed by atoms with Gasteiger partial charge >= 0.3 is 5.97 Å². The summed E-state index contributed by atoms with van der Waals surface area (Å²) < 4.78 is 18.8. The molecule has 0 spiro atoms. The molecule has 2 rings (SSSR count). The Hall–Kier alpha value is -1.47. The van der Waals surface area contributed by atoms with Crippen molar-refractivity contribution in [1.82, 2.24) is 4.98 Å². The molecule has 0 saturated heterocycles. The number of nitrogens with one attached hydrogen (secondary N) is 1. The van der Waals surface area contributed by atoms with Gasteiger partial charge in [0.05, 0.1) is 24.9 Å². The molecule has 0 amide bonds. The van der Waals surface area contributed by atoms with Crippen molar-refractivity contribution in [3.8, 4) is 0 Å². The lowest BCUT2D eigenvalue weighted by Gasteiger charge is -2.04. The van der Waals surface area contributed by atoms with Gasteiger partial charge in [-0.15, -0.1) is 11.3 Å². The largest absolute Gasteiger partial charge is 0.469 e. The Balaban J connectivity index is 2.09. The molecule has 0 aliphatic heterocycles. The number of anilines is 2. The molecule has 0 saturated carbocycles. The molecule has 1 aromatic carbocycles. The van der Waals surface area contributed by atoms with Crippen molar-refractivity contribution in [2.75, 3.05) is 12.4 Å². The van der Waals surface area contributed by atoms with Crippen molar-refractivity contribution >= 4 is 44.1 Å². The van der Waals surface area contributed by atoms with E-state index in [9.17, 15) is 9.18 Å². The number of thiazole rings is 1. The highest BCUT2D eigenvalue weighted by atomic mass is 79.9. The summed E-state index contributed by atoms with van der Waals surface area (Å²) in [6.07, 6.45) is 0.109. The van der Waals surface area contributed by atoms with Crippen LogP contribution in [0, 0.1) is 5.82 Å².